The number of carbonyl (C=O) groups is 3. The van der Waals surface area contributed by atoms with Crippen molar-refractivity contribution >= 4 is 45.3 Å². The Kier molecular flexibility index (Phi) is 7.19. The van der Waals surface area contributed by atoms with Gasteiger partial charge in [-0.3, -0.25) is 19.4 Å². The predicted molar refractivity (Wildman–Crippen MR) is 134 cm³/mol. The average molecular weight is 508 g/mol. The number of likely N-dealkylation sites (N-methyl/N-ethyl adjacent to an activating group) is 2. The van der Waals surface area contributed by atoms with E-state index in [1.54, 1.807) is 30.3 Å². The molecular formula is C25H25N5O5S. The maximum Gasteiger partial charge on any atom is 0.243 e. The molecule has 2 bridgehead atoms. The van der Waals surface area contributed by atoms with E-state index in [2.05, 4.69) is 27.5 Å². The first kappa shape index (κ1) is 25.1. The number of amides is 3. The number of hydrogen-bond donors (Lipinski definition) is 2. The van der Waals surface area contributed by atoms with Crippen molar-refractivity contribution in [1.82, 2.24) is 14.5 Å². The van der Waals surface area contributed by atoms with E-state index in [-0.39, 0.29) is 42.8 Å². The fourth-order valence-electron chi connectivity index (χ4n) is 3.83. The molecule has 2 aliphatic rings. The van der Waals surface area contributed by atoms with Gasteiger partial charge in [0.2, 0.25) is 27.7 Å². The van der Waals surface area contributed by atoms with Crippen LogP contribution in [0.1, 0.15) is 23.5 Å². The van der Waals surface area contributed by atoms with Crippen LogP contribution in [0.4, 0.5) is 11.4 Å². The van der Waals surface area contributed by atoms with Gasteiger partial charge in [-0.15, -0.1) is 0 Å². The molecule has 4 rings (SSSR count). The molecular weight excluding hydrogens is 482 g/mol. The van der Waals surface area contributed by atoms with E-state index in [0.717, 1.165) is 4.31 Å². The maximum atomic E-state index is 13.1. The van der Waals surface area contributed by atoms with E-state index in [9.17, 15) is 22.8 Å². The Morgan fingerprint density at radius 1 is 1.08 bits per heavy atom. The number of sulfonamides is 1. The van der Waals surface area contributed by atoms with Crippen molar-refractivity contribution in [2.45, 2.75) is 17.2 Å². The molecule has 0 spiro atoms. The highest BCUT2D eigenvalue weighted by Gasteiger charge is 2.31. The van der Waals surface area contributed by atoms with Crippen LogP contribution in [0.2, 0.25) is 0 Å². The third-order valence-corrected chi connectivity index (χ3v) is 7.71. The van der Waals surface area contributed by atoms with Gasteiger partial charge >= 0.3 is 0 Å². The van der Waals surface area contributed by atoms with E-state index < -0.39 is 21.8 Å². The van der Waals surface area contributed by atoms with Crippen molar-refractivity contribution in [3.8, 4) is 11.8 Å². The molecule has 1 unspecified atom stereocenters. The summed E-state index contributed by atoms with van der Waals surface area (Å²) in [5.74, 6) is 4.18. The minimum atomic E-state index is -3.99. The highest BCUT2D eigenvalue weighted by molar-refractivity contribution is 7.89. The molecule has 2 aromatic carbocycles. The topological polar surface area (TPSA) is 128 Å². The second kappa shape index (κ2) is 10.3. The van der Waals surface area contributed by atoms with Gasteiger partial charge in [-0.1, -0.05) is 24.0 Å². The molecule has 11 heteroatoms. The quantitative estimate of drug-likeness (QED) is 0.516. The van der Waals surface area contributed by atoms with Crippen molar-refractivity contribution < 1.29 is 22.8 Å². The van der Waals surface area contributed by atoms with E-state index in [4.69, 9.17) is 0 Å². The molecule has 2 heterocycles. The van der Waals surface area contributed by atoms with Crippen LogP contribution in [-0.2, 0) is 24.4 Å². The summed E-state index contributed by atoms with van der Waals surface area (Å²) >= 11 is 0. The van der Waals surface area contributed by atoms with Crippen LogP contribution in [-0.4, -0.2) is 75.3 Å². The van der Waals surface area contributed by atoms with Crippen LogP contribution in [0.3, 0.4) is 0 Å². The number of fused-ring (bicyclic) bond motifs is 2. The van der Waals surface area contributed by atoms with E-state index in [1.807, 2.05) is 0 Å². The van der Waals surface area contributed by atoms with Gasteiger partial charge in [0.05, 0.1) is 23.7 Å². The van der Waals surface area contributed by atoms with Gasteiger partial charge in [0.15, 0.2) is 0 Å². The monoisotopic (exact) mass is 507 g/mol. The fraction of sp³-hybridized carbons (Fsp3) is 0.280. The maximum absolute atomic E-state index is 13.1. The second-order valence-electron chi connectivity index (χ2n) is 8.41. The average Bonchev–Trinajstić information content (AvgIpc) is 3.18. The molecule has 2 aromatic rings. The third-order valence-electron chi connectivity index (χ3n) is 5.91. The molecule has 2 aliphatic heterocycles. The van der Waals surface area contributed by atoms with Gasteiger partial charge < -0.3 is 15.5 Å². The van der Waals surface area contributed by atoms with Gasteiger partial charge in [0, 0.05) is 50.1 Å². The summed E-state index contributed by atoms with van der Waals surface area (Å²) in [5, 5.41) is 5.50. The first-order valence-electron chi connectivity index (χ1n) is 11.2. The van der Waals surface area contributed by atoms with E-state index in [1.165, 1.54) is 37.3 Å². The van der Waals surface area contributed by atoms with Crippen LogP contribution in [0.5, 0.6) is 0 Å². The summed E-state index contributed by atoms with van der Waals surface area (Å²) in [5.41, 5.74) is 2.26. The largest absolute Gasteiger partial charge is 0.345 e. The number of nitrogens with one attached hydrogen (secondary N) is 2. The molecule has 0 fully saturated rings. The van der Waals surface area contributed by atoms with Gasteiger partial charge in [0.1, 0.15) is 5.92 Å². The molecule has 36 heavy (non-hydrogen) atoms. The number of nitrogens with zero attached hydrogens (tertiary/aromatic N) is 3. The summed E-state index contributed by atoms with van der Waals surface area (Å²) < 4.78 is 27.1. The van der Waals surface area contributed by atoms with Crippen molar-refractivity contribution in [1.29, 1.82) is 0 Å². The lowest BCUT2D eigenvalue weighted by Gasteiger charge is -2.22. The Labute approximate surface area is 209 Å². The normalized spacial score (nSPS) is 20.6. The Bertz CT molecular complexity index is 1420. The SMILES string of the molecule is CN1CCC(=O)NCC#Cc2cccc3c2C(C=Nc2cccc(c2)S(=O)(=O)N(C)CC1=O)C(=O)N3. The van der Waals surface area contributed by atoms with Crippen LogP contribution in [0.25, 0.3) is 0 Å². The number of benzene rings is 2. The van der Waals surface area contributed by atoms with Crippen LogP contribution >= 0.6 is 0 Å². The van der Waals surface area contributed by atoms with Crippen LogP contribution in [0.15, 0.2) is 52.4 Å². The van der Waals surface area contributed by atoms with Gasteiger partial charge in [-0.05, 0) is 30.3 Å². The lowest BCUT2D eigenvalue weighted by molar-refractivity contribution is -0.130. The molecule has 0 radical (unpaired) electrons. The minimum absolute atomic E-state index is 0.0354. The Balaban J connectivity index is 1.73. The Hall–Kier alpha value is -4.01. The minimum Gasteiger partial charge on any atom is -0.345 e. The van der Waals surface area contributed by atoms with Crippen LogP contribution in [0, 0.1) is 11.8 Å². The van der Waals surface area contributed by atoms with Crippen molar-refractivity contribution in [2.75, 3.05) is 39.0 Å². The summed E-state index contributed by atoms with van der Waals surface area (Å²) in [4.78, 5) is 43.1. The predicted octanol–water partition coefficient (Wildman–Crippen LogP) is 1.08. The highest BCUT2D eigenvalue weighted by atomic mass is 32.2. The second-order valence-corrected chi connectivity index (χ2v) is 10.5. The summed E-state index contributed by atoms with van der Waals surface area (Å²) in [7, 11) is -1.16. The Morgan fingerprint density at radius 3 is 2.67 bits per heavy atom. The first-order chi connectivity index (χ1) is 17.2. The zero-order chi connectivity index (χ0) is 25.9. The lowest BCUT2D eigenvalue weighted by Crippen LogP contribution is -2.40. The van der Waals surface area contributed by atoms with Gasteiger partial charge in [-0.2, -0.15) is 4.31 Å². The lowest BCUT2D eigenvalue weighted by atomic mass is 9.96. The van der Waals surface area contributed by atoms with Crippen molar-refractivity contribution in [2.24, 2.45) is 4.99 Å². The molecule has 2 N–H and O–H groups in total. The number of carbonyl (C=O) groups excluding carboxylic acids is 3. The molecule has 10 nitrogen and oxygen atoms in total. The molecule has 0 aromatic heterocycles. The van der Waals surface area contributed by atoms with E-state index >= 15 is 0 Å². The zero-order valence-corrected chi connectivity index (χ0v) is 20.6. The molecule has 3 amide bonds. The number of hydrogen-bond acceptors (Lipinski definition) is 6. The van der Waals surface area contributed by atoms with Crippen molar-refractivity contribution in [3.05, 3.63) is 53.6 Å². The van der Waals surface area contributed by atoms with Gasteiger partial charge in [0.25, 0.3) is 0 Å². The number of anilines is 1. The summed E-state index contributed by atoms with van der Waals surface area (Å²) in [6, 6.07) is 11.3. The highest BCUT2D eigenvalue weighted by Crippen LogP contribution is 2.34. The van der Waals surface area contributed by atoms with Crippen molar-refractivity contribution in [3.63, 3.8) is 0 Å². The summed E-state index contributed by atoms with van der Waals surface area (Å²) in [6.45, 7) is -0.173. The van der Waals surface area contributed by atoms with E-state index in [0.29, 0.717) is 22.5 Å². The molecule has 186 valence electrons. The zero-order valence-electron chi connectivity index (χ0n) is 19.8. The molecule has 1 atom stereocenters. The number of rotatable bonds is 0. The Morgan fingerprint density at radius 2 is 1.86 bits per heavy atom. The molecule has 0 aliphatic carbocycles. The first-order valence-corrected chi connectivity index (χ1v) is 12.6. The fourth-order valence-corrected chi connectivity index (χ4v) is 4.99. The van der Waals surface area contributed by atoms with Crippen LogP contribution < -0.4 is 10.6 Å². The molecule has 0 saturated heterocycles. The third kappa shape index (κ3) is 5.30. The molecule has 0 saturated carbocycles. The van der Waals surface area contributed by atoms with Gasteiger partial charge in [-0.25, -0.2) is 8.42 Å². The summed E-state index contributed by atoms with van der Waals surface area (Å²) in [6.07, 6.45) is 1.50. The number of aliphatic imine (C=N–C) groups is 1. The standard InChI is InChI=1S/C25H25N5O5S/c1-29-13-11-22(31)26-12-5-7-17-6-3-10-21-24(17)20(25(33)28-21)15-27-18-8-4-9-19(14-18)36(34,35)30(2)16-23(29)32/h3-4,6,8-10,14-15,20H,11-13,16H2,1-2H3,(H,26,31)(H,28,33). The smallest absolute Gasteiger partial charge is 0.243 e.